The summed E-state index contributed by atoms with van der Waals surface area (Å²) in [5, 5.41) is 14.8. The molecule has 2 aromatic heterocycles. The summed E-state index contributed by atoms with van der Waals surface area (Å²) in [7, 11) is 0. The van der Waals surface area contributed by atoms with Gasteiger partial charge in [-0.05, 0) is 50.2 Å². The number of rotatable bonds is 3. The highest BCUT2D eigenvalue weighted by atomic mass is 16.5. The third kappa shape index (κ3) is 2.46. The molecule has 0 saturated carbocycles. The van der Waals surface area contributed by atoms with Gasteiger partial charge in [0.15, 0.2) is 5.58 Å². The van der Waals surface area contributed by atoms with Crippen molar-refractivity contribution < 1.29 is 14.4 Å². The van der Waals surface area contributed by atoms with E-state index in [9.17, 15) is 9.90 Å². The molecule has 0 radical (unpaired) electrons. The zero-order valence-corrected chi connectivity index (χ0v) is 13.6. The lowest BCUT2D eigenvalue weighted by Crippen LogP contribution is -2.14. The topological polar surface area (TPSA) is 93.3 Å². The SMILES string of the molecule is Cc1[nH]c(=O)n(-c2ccc(Oc3cccc4onc(C)c34)cc2)c1O. The van der Waals surface area contributed by atoms with Crippen molar-refractivity contribution in [3.8, 4) is 23.1 Å². The van der Waals surface area contributed by atoms with Crippen LogP contribution < -0.4 is 10.4 Å². The van der Waals surface area contributed by atoms with Crippen molar-refractivity contribution in [1.29, 1.82) is 0 Å². The van der Waals surface area contributed by atoms with Crippen molar-refractivity contribution in [2.75, 3.05) is 0 Å². The Morgan fingerprint density at radius 3 is 2.60 bits per heavy atom. The quantitative estimate of drug-likeness (QED) is 0.597. The van der Waals surface area contributed by atoms with Gasteiger partial charge in [0.05, 0.1) is 22.5 Å². The van der Waals surface area contributed by atoms with Crippen molar-refractivity contribution in [2.45, 2.75) is 13.8 Å². The molecule has 126 valence electrons. The molecule has 0 bridgehead atoms. The van der Waals surface area contributed by atoms with Crippen LogP contribution in [-0.4, -0.2) is 19.8 Å². The van der Waals surface area contributed by atoms with Gasteiger partial charge in [-0.2, -0.15) is 0 Å². The molecule has 0 fully saturated rings. The molecule has 0 aliphatic rings. The lowest BCUT2D eigenvalue weighted by molar-refractivity contribution is 0.436. The van der Waals surface area contributed by atoms with E-state index in [4.69, 9.17) is 9.26 Å². The van der Waals surface area contributed by atoms with Crippen LogP contribution in [0.2, 0.25) is 0 Å². The van der Waals surface area contributed by atoms with Crippen LogP contribution in [0.5, 0.6) is 17.4 Å². The normalized spacial score (nSPS) is 11.1. The molecule has 4 aromatic rings. The standard InChI is InChI=1S/C18H15N3O4/c1-10-16-14(4-3-5-15(16)25-20-10)24-13-8-6-12(7-9-13)21-17(22)11(2)19-18(21)23/h3-9,22H,1-2H3,(H,19,23). The second-order valence-corrected chi connectivity index (χ2v) is 5.71. The maximum atomic E-state index is 11.9. The number of hydrogen-bond acceptors (Lipinski definition) is 5. The van der Waals surface area contributed by atoms with E-state index in [1.54, 1.807) is 31.2 Å². The smallest absolute Gasteiger partial charge is 0.333 e. The summed E-state index contributed by atoms with van der Waals surface area (Å²) in [4.78, 5) is 14.5. The minimum Gasteiger partial charge on any atom is -0.493 e. The molecule has 0 atom stereocenters. The number of fused-ring (bicyclic) bond motifs is 1. The molecule has 0 spiro atoms. The average Bonchev–Trinajstić information content (AvgIpc) is 3.10. The number of hydrogen-bond donors (Lipinski definition) is 2. The minimum absolute atomic E-state index is 0.108. The minimum atomic E-state index is -0.395. The summed E-state index contributed by atoms with van der Waals surface area (Å²) < 4.78 is 12.4. The first kappa shape index (κ1) is 15.1. The van der Waals surface area contributed by atoms with Crippen LogP contribution in [-0.2, 0) is 0 Å². The largest absolute Gasteiger partial charge is 0.493 e. The van der Waals surface area contributed by atoms with Crippen LogP contribution in [0.4, 0.5) is 0 Å². The maximum absolute atomic E-state index is 11.9. The van der Waals surface area contributed by atoms with Crippen molar-refractivity contribution >= 4 is 11.0 Å². The van der Waals surface area contributed by atoms with Gasteiger partial charge in [0.25, 0.3) is 0 Å². The molecule has 25 heavy (non-hydrogen) atoms. The van der Waals surface area contributed by atoms with Gasteiger partial charge >= 0.3 is 5.69 Å². The predicted octanol–water partition coefficient (Wildman–Crippen LogP) is 3.42. The number of imidazole rings is 1. The Kier molecular flexibility index (Phi) is 3.35. The van der Waals surface area contributed by atoms with E-state index in [2.05, 4.69) is 10.1 Å². The highest BCUT2D eigenvalue weighted by Gasteiger charge is 2.13. The number of aryl methyl sites for hydroxylation is 2. The number of aromatic hydroxyl groups is 1. The van der Waals surface area contributed by atoms with Gasteiger partial charge in [-0.25, -0.2) is 9.36 Å². The number of nitrogens with one attached hydrogen (secondary N) is 1. The lowest BCUT2D eigenvalue weighted by atomic mass is 10.2. The molecule has 2 heterocycles. The highest BCUT2D eigenvalue weighted by molar-refractivity contribution is 5.86. The fraction of sp³-hybridized carbons (Fsp3) is 0.111. The second-order valence-electron chi connectivity index (χ2n) is 5.71. The molecule has 0 aliphatic carbocycles. The third-order valence-electron chi connectivity index (χ3n) is 4.00. The first-order valence-electron chi connectivity index (χ1n) is 7.68. The van der Waals surface area contributed by atoms with E-state index < -0.39 is 5.69 Å². The van der Waals surface area contributed by atoms with Crippen LogP contribution in [0.25, 0.3) is 16.7 Å². The van der Waals surface area contributed by atoms with Gasteiger partial charge in [-0.15, -0.1) is 0 Å². The highest BCUT2D eigenvalue weighted by Crippen LogP contribution is 2.32. The van der Waals surface area contributed by atoms with Gasteiger partial charge in [0.2, 0.25) is 5.88 Å². The molecule has 0 amide bonds. The summed E-state index contributed by atoms with van der Waals surface area (Å²) in [5.41, 5.74) is 1.97. The molecule has 4 rings (SSSR count). The summed E-state index contributed by atoms with van der Waals surface area (Å²) >= 11 is 0. The molecule has 2 N–H and O–H groups in total. The van der Waals surface area contributed by atoms with E-state index in [-0.39, 0.29) is 5.88 Å². The van der Waals surface area contributed by atoms with E-state index >= 15 is 0 Å². The number of ether oxygens (including phenoxy) is 1. The van der Waals surface area contributed by atoms with Gasteiger partial charge in [-0.3, -0.25) is 0 Å². The Bertz CT molecular complexity index is 1120. The van der Waals surface area contributed by atoms with Crippen molar-refractivity contribution in [1.82, 2.24) is 14.7 Å². The number of nitrogens with zero attached hydrogens (tertiary/aromatic N) is 2. The van der Waals surface area contributed by atoms with Crippen LogP contribution in [0.3, 0.4) is 0 Å². The van der Waals surface area contributed by atoms with Crippen LogP contribution >= 0.6 is 0 Å². The van der Waals surface area contributed by atoms with Gasteiger partial charge in [0.1, 0.15) is 11.5 Å². The van der Waals surface area contributed by atoms with Crippen molar-refractivity contribution in [2.24, 2.45) is 0 Å². The van der Waals surface area contributed by atoms with Gasteiger partial charge in [-0.1, -0.05) is 11.2 Å². The molecule has 0 aliphatic heterocycles. The van der Waals surface area contributed by atoms with Crippen LogP contribution in [0.1, 0.15) is 11.4 Å². The molecule has 2 aromatic carbocycles. The van der Waals surface area contributed by atoms with Crippen LogP contribution in [0, 0.1) is 13.8 Å². The van der Waals surface area contributed by atoms with E-state index in [0.29, 0.717) is 28.5 Å². The second kappa shape index (κ2) is 5.55. The number of aromatic amines is 1. The predicted molar refractivity (Wildman–Crippen MR) is 91.6 cm³/mol. The Morgan fingerprint density at radius 1 is 1.16 bits per heavy atom. The zero-order chi connectivity index (χ0) is 17.6. The fourth-order valence-electron chi connectivity index (χ4n) is 2.76. The first-order chi connectivity index (χ1) is 12.0. The lowest BCUT2D eigenvalue weighted by Gasteiger charge is -2.08. The molecule has 7 nitrogen and oxygen atoms in total. The Balaban J connectivity index is 1.69. The van der Waals surface area contributed by atoms with Crippen molar-refractivity contribution in [3.63, 3.8) is 0 Å². The summed E-state index contributed by atoms with van der Waals surface area (Å²) in [6.07, 6.45) is 0. The van der Waals surface area contributed by atoms with E-state index in [1.807, 2.05) is 25.1 Å². The summed E-state index contributed by atoms with van der Waals surface area (Å²) in [6, 6.07) is 12.4. The van der Waals surface area contributed by atoms with Crippen LogP contribution in [0.15, 0.2) is 51.8 Å². The summed E-state index contributed by atoms with van der Waals surface area (Å²) in [5.74, 6) is 1.13. The third-order valence-corrected chi connectivity index (χ3v) is 4.00. The Labute approximate surface area is 142 Å². The Hall–Kier alpha value is -3.48. The monoisotopic (exact) mass is 337 g/mol. The maximum Gasteiger partial charge on any atom is 0.333 e. The van der Waals surface area contributed by atoms with Gasteiger partial charge < -0.3 is 19.4 Å². The first-order valence-corrected chi connectivity index (χ1v) is 7.68. The molecular weight excluding hydrogens is 322 g/mol. The number of H-pyrrole nitrogens is 1. The number of aromatic nitrogens is 3. The van der Waals surface area contributed by atoms with Gasteiger partial charge in [0, 0.05) is 0 Å². The molecular formula is C18H15N3O4. The zero-order valence-electron chi connectivity index (χ0n) is 13.6. The Morgan fingerprint density at radius 2 is 1.92 bits per heavy atom. The molecule has 7 heteroatoms. The molecule has 0 saturated heterocycles. The molecule has 0 unspecified atom stereocenters. The average molecular weight is 337 g/mol. The van der Waals surface area contributed by atoms with Crippen molar-refractivity contribution in [3.05, 3.63) is 64.3 Å². The van der Waals surface area contributed by atoms with E-state index in [0.717, 1.165) is 11.1 Å². The van der Waals surface area contributed by atoms with E-state index in [1.165, 1.54) is 4.57 Å². The summed E-state index contributed by atoms with van der Waals surface area (Å²) in [6.45, 7) is 3.48. The number of benzene rings is 2. The fourth-order valence-corrected chi connectivity index (χ4v) is 2.76.